The van der Waals surface area contributed by atoms with Crippen LogP contribution in [0.1, 0.15) is 30.9 Å². The molecule has 0 unspecified atom stereocenters. The van der Waals surface area contributed by atoms with Gasteiger partial charge in [-0.3, -0.25) is 0 Å². The monoisotopic (exact) mass is 412 g/mol. The predicted molar refractivity (Wildman–Crippen MR) is 103 cm³/mol. The molecule has 0 atom stereocenters. The maximum atomic E-state index is 13.8. The van der Waals surface area contributed by atoms with Gasteiger partial charge in [-0.25, -0.2) is 4.39 Å². The fourth-order valence-electron chi connectivity index (χ4n) is 3.13. The van der Waals surface area contributed by atoms with Crippen LogP contribution in [0.4, 0.5) is 4.39 Å². The number of allylic oxidation sites excluding steroid dienone is 1. The van der Waals surface area contributed by atoms with E-state index in [1.165, 1.54) is 6.07 Å². The summed E-state index contributed by atoms with van der Waals surface area (Å²) >= 11 is 1.05. The van der Waals surface area contributed by atoms with Crippen molar-refractivity contribution in [3.63, 3.8) is 0 Å². The van der Waals surface area contributed by atoms with Crippen molar-refractivity contribution in [3.8, 4) is 17.5 Å². The minimum absolute atomic E-state index is 0.0317. The van der Waals surface area contributed by atoms with Crippen molar-refractivity contribution in [1.29, 1.82) is 5.26 Å². The molecule has 1 N–H and O–H groups in total. The highest BCUT2D eigenvalue weighted by atomic mass is 32.2. The van der Waals surface area contributed by atoms with Gasteiger partial charge >= 0.3 is 0 Å². The van der Waals surface area contributed by atoms with Crippen molar-refractivity contribution in [1.82, 2.24) is 25.0 Å². The summed E-state index contributed by atoms with van der Waals surface area (Å²) < 4.78 is 21.2. The van der Waals surface area contributed by atoms with Crippen LogP contribution in [0.3, 0.4) is 0 Å². The van der Waals surface area contributed by atoms with Gasteiger partial charge in [-0.15, -0.1) is 20.4 Å². The molecular weight excluding hydrogens is 395 g/mol. The Labute approximate surface area is 170 Å². The first-order valence-electron chi connectivity index (χ1n) is 9.13. The van der Waals surface area contributed by atoms with Gasteiger partial charge in [0.25, 0.3) is 11.1 Å². The maximum Gasteiger partial charge on any atom is 0.277 e. The number of nitriles is 1. The zero-order chi connectivity index (χ0) is 20.2. The van der Waals surface area contributed by atoms with Crippen molar-refractivity contribution in [3.05, 3.63) is 47.5 Å². The highest BCUT2D eigenvalue weighted by Crippen LogP contribution is 2.28. The van der Waals surface area contributed by atoms with Crippen molar-refractivity contribution in [2.24, 2.45) is 0 Å². The molecule has 0 saturated carbocycles. The van der Waals surface area contributed by atoms with Crippen LogP contribution >= 0.6 is 11.8 Å². The smallest absolute Gasteiger partial charge is 0.277 e. The van der Waals surface area contributed by atoms with Gasteiger partial charge in [-0.05, 0) is 25.0 Å². The molecule has 148 valence electrons. The van der Waals surface area contributed by atoms with Gasteiger partial charge < -0.3 is 14.1 Å². The van der Waals surface area contributed by atoms with Gasteiger partial charge in [0.1, 0.15) is 29.0 Å². The molecule has 0 amide bonds. The Kier molecular flexibility index (Phi) is 5.57. The lowest BCUT2D eigenvalue weighted by Crippen LogP contribution is -2.07. The number of aromatic nitrogens is 5. The Morgan fingerprint density at radius 2 is 2.07 bits per heavy atom. The van der Waals surface area contributed by atoms with Crippen LogP contribution in [0.5, 0.6) is 0 Å². The largest absolute Gasteiger partial charge is 0.510 e. The summed E-state index contributed by atoms with van der Waals surface area (Å²) in [5, 5.41) is 36.2. The van der Waals surface area contributed by atoms with E-state index >= 15 is 0 Å². The molecule has 0 spiro atoms. The highest BCUT2D eigenvalue weighted by molar-refractivity contribution is 7.99. The van der Waals surface area contributed by atoms with Crippen LogP contribution in [0.25, 0.3) is 17.0 Å². The third-order valence-corrected chi connectivity index (χ3v) is 5.41. The third-order valence-electron chi connectivity index (χ3n) is 4.58. The van der Waals surface area contributed by atoms with Gasteiger partial charge in [0, 0.05) is 13.0 Å². The SMILES string of the molecule is N#C/C(=C(/O)CSc1nnc(-c2ccccc2F)o1)c1nnc2n1CCCCC2. The lowest BCUT2D eigenvalue weighted by molar-refractivity contribution is 0.418. The number of hydrogen-bond donors (Lipinski definition) is 1. The second-order valence-corrected chi connectivity index (χ2v) is 7.40. The van der Waals surface area contributed by atoms with Gasteiger partial charge in [0.2, 0.25) is 0 Å². The Morgan fingerprint density at radius 1 is 1.21 bits per heavy atom. The van der Waals surface area contributed by atoms with E-state index in [1.807, 2.05) is 10.6 Å². The summed E-state index contributed by atoms with van der Waals surface area (Å²) in [5.41, 5.74) is 0.280. The first-order valence-corrected chi connectivity index (χ1v) is 10.1. The Balaban J connectivity index is 1.52. The molecule has 3 heterocycles. The first kappa shape index (κ1) is 19.1. The summed E-state index contributed by atoms with van der Waals surface area (Å²) in [6, 6.07) is 8.12. The summed E-state index contributed by atoms with van der Waals surface area (Å²) in [5.74, 6) is 0.677. The number of nitrogens with zero attached hydrogens (tertiary/aromatic N) is 6. The van der Waals surface area contributed by atoms with Crippen molar-refractivity contribution in [2.75, 3.05) is 5.75 Å². The summed E-state index contributed by atoms with van der Waals surface area (Å²) in [6.07, 6.45) is 3.92. The minimum atomic E-state index is -0.463. The lowest BCUT2D eigenvalue weighted by Gasteiger charge is -2.07. The molecule has 0 fully saturated rings. The van der Waals surface area contributed by atoms with Crippen LogP contribution in [0, 0.1) is 17.1 Å². The second kappa shape index (κ2) is 8.45. The first-order chi connectivity index (χ1) is 14.2. The molecule has 3 aromatic rings. The minimum Gasteiger partial charge on any atom is -0.510 e. The van der Waals surface area contributed by atoms with E-state index in [-0.39, 0.29) is 33.8 Å². The van der Waals surface area contributed by atoms with Crippen molar-refractivity contribution in [2.45, 2.75) is 37.5 Å². The fourth-order valence-corrected chi connectivity index (χ4v) is 3.77. The van der Waals surface area contributed by atoms with E-state index in [9.17, 15) is 14.8 Å². The molecule has 0 aliphatic carbocycles. The maximum absolute atomic E-state index is 13.8. The molecule has 1 aliphatic heterocycles. The zero-order valence-electron chi connectivity index (χ0n) is 15.4. The van der Waals surface area contributed by atoms with Crippen LogP contribution in [-0.2, 0) is 13.0 Å². The molecule has 0 bridgehead atoms. The third kappa shape index (κ3) is 4.00. The molecule has 29 heavy (non-hydrogen) atoms. The normalized spacial score (nSPS) is 14.6. The number of rotatable bonds is 5. The quantitative estimate of drug-likeness (QED) is 0.383. The number of hydrogen-bond acceptors (Lipinski definition) is 8. The van der Waals surface area contributed by atoms with E-state index in [0.717, 1.165) is 49.8 Å². The van der Waals surface area contributed by atoms with Crippen LogP contribution < -0.4 is 0 Å². The van der Waals surface area contributed by atoms with Gasteiger partial charge in [0.05, 0.1) is 11.3 Å². The average molecular weight is 412 g/mol. The number of aliphatic hydroxyl groups excluding tert-OH is 1. The van der Waals surface area contributed by atoms with Gasteiger partial charge in [-0.1, -0.05) is 30.3 Å². The van der Waals surface area contributed by atoms with E-state index < -0.39 is 5.82 Å². The lowest BCUT2D eigenvalue weighted by atomic mass is 10.2. The van der Waals surface area contributed by atoms with Gasteiger partial charge in [0.15, 0.2) is 5.82 Å². The van der Waals surface area contributed by atoms with E-state index in [0.29, 0.717) is 5.82 Å². The Hall–Kier alpha value is -3.19. The molecule has 1 aromatic carbocycles. The number of halogens is 1. The highest BCUT2D eigenvalue weighted by Gasteiger charge is 2.21. The van der Waals surface area contributed by atoms with Crippen molar-refractivity contribution >= 4 is 17.3 Å². The molecule has 4 rings (SSSR count). The molecular formula is C19H17FN6O2S. The van der Waals surface area contributed by atoms with Crippen LogP contribution in [0.15, 0.2) is 39.7 Å². The molecule has 8 nitrogen and oxygen atoms in total. The molecule has 2 aromatic heterocycles. The average Bonchev–Trinajstić information content (AvgIpc) is 3.28. The summed E-state index contributed by atoms with van der Waals surface area (Å²) in [7, 11) is 0. The standard InChI is InChI=1S/C19H17FN6O2S/c20-14-7-4-3-6-12(14)18-24-25-19(28-18)29-11-15(27)13(10-21)17-23-22-16-8-2-1-5-9-26(16)17/h3-4,6-7,27H,1-2,5,8-9,11H2/b15-13-. The number of aliphatic hydroxyl groups is 1. The second-order valence-electron chi connectivity index (χ2n) is 6.48. The Bertz CT molecular complexity index is 1100. The zero-order valence-corrected chi connectivity index (χ0v) is 16.2. The topological polar surface area (TPSA) is 114 Å². The van der Waals surface area contributed by atoms with E-state index in [2.05, 4.69) is 20.4 Å². The Morgan fingerprint density at radius 3 is 2.90 bits per heavy atom. The number of thioether (sulfide) groups is 1. The van der Waals surface area contributed by atoms with Crippen molar-refractivity contribution < 1.29 is 13.9 Å². The number of fused-ring (bicyclic) bond motifs is 1. The summed E-state index contributed by atoms with van der Waals surface area (Å²) in [4.78, 5) is 0. The number of aryl methyl sites for hydroxylation is 1. The molecule has 10 heteroatoms. The van der Waals surface area contributed by atoms with E-state index in [1.54, 1.807) is 18.2 Å². The molecule has 0 radical (unpaired) electrons. The number of benzene rings is 1. The van der Waals surface area contributed by atoms with Gasteiger partial charge in [-0.2, -0.15) is 5.26 Å². The molecule has 1 aliphatic rings. The predicted octanol–water partition coefficient (Wildman–Crippen LogP) is 3.78. The fraction of sp³-hybridized carbons (Fsp3) is 0.316. The van der Waals surface area contributed by atoms with E-state index in [4.69, 9.17) is 4.42 Å². The van der Waals surface area contributed by atoms with Crippen LogP contribution in [-0.4, -0.2) is 35.8 Å². The summed E-state index contributed by atoms with van der Waals surface area (Å²) in [6.45, 7) is 0.721. The molecule has 0 saturated heterocycles. The van der Waals surface area contributed by atoms with Crippen LogP contribution in [0.2, 0.25) is 0 Å².